The van der Waals surface area contributed by atoms with Crippen LogP contribution in [-0.2, 0) is 0 Å². The number of aryl methyl sites for hydroxylation is 1. The predicted octanol–water partition coefficient (Wildman–Crippen LogP) is 1.08. The lowest BCUT2D eigenvalue weighted by Crippen LogP contribution is -2.46. The Hall–Kier alpha value is -1.55. The fourth-order valence-electron chi connectivity index (χ4n) is 1.29. The second-order valence-corrected chi connectivity index (χ2v) is 4.53. The highest BCUT2D eigenvalue weighted by Gasteiger charge is 2.21. The standard InChI is InChI=1S/C12H18N2O2/c1-8-5-4-6-9(10(8)13)11(16)14-12(2,3)7-15/h4-6,15H,7,13H2,1-3H3,(H,14,16). The molecule has 0 spiro atoms. The third-order valence-electron chi connectivity index (χ3n) is 2.42. The van der Waals surface area contributed by atoms with Crippen LogP contribution in [0.1, 0.15) is 29.8 Å². The Kier molecular flexibility index (Phi) is 3.55. The molecule has 0 atom stereocenters. The van der Waals surface area contributed by atoms with E-state index < -0.39 is 5.54 Å². The Morgan fingerprint density at radius 2 is 2.12 bits per heavy atom. The summed E-state index contributed by atoms with van der Waals surface area (Å²) in [6.07, 6.45) is 0. The average Bonchev–Trinajstić information content (AvgIpc) is 2.21. The van der Waals surface area contributed by atoms with E-state index in [0.29, 0.717) is 11.3 Å². The van der Waals surface area contributed by atoms with Gasteiger partial charge in [0.2, 0.25) is 0 Å². The van der Waals surface area contributed by atoms with Gasteiger partial charge in [-0.15, -0.1) is 0 Å². The van der Waals surface area contributed by atoms with Gasteiger partial charge in [0.25, 0.3) is 5.91 Å². The summed E-state index contributed by atoms with van der Waals surface area (Å²) in [4.78, 5) is 11.9. The number of para-hydroxylation sites is 1. The number of carbonyl (C=O) groups is 1. The Morgan fingerprint density at radius 3 is 2.69 bits per heavy atom. The molecule has 4 N–H and O–H groups in total. The van der Waals surface area contributed by atoms with Crippen LogP contribution in [0.3, 0.4) is 0 Å². The van der Waals surface area contributed by atoms with Gasteiger partial charge < -0.3 is 16.2 Å². The lowest BCUT2D eigenvalue weighted by atomic mass is 10.0. The van der Waals surface area contributed by atoms with Crippen molar-refractivity contribution in [3.8, 4) is 0 Å². The van der Waals surface area contributed by atoms with E-state index in [0.717, 1.165) is 5.56 Å². The van der Waals surface area contributed by atoms with Crippen molar-refractivity contribution in [3.63, 3.8) is 0 Å². The van der Waals surface area contributed by atoms with Crippen molar-refractivity contribution < 1.29 is 9.90 Å². The molecule has 88 valence electrons. The summed E-state index contributed by atoms with van der Waals surface area (Å²) in [6.45, 7) is 5.22. The Morgan fingerprint density at radius 1 is 1.50 bits per heavy atom. The second kappa shape index (κ2) is 4.53. The quantitative estimate of drug-likeness (QED) is 0.670. The van der Waals surface area contributed by atoms with Gasteiger partial charge in [0, 0.05) is 5.69 Å². The molecule has 0 saturated heterocycles. The third-order valence-corrected chi connectivity index (χ3v) is 2.42. The topological polar surface area (TPSA) is 75.3 Å². The van der Waals surface area contributed by atoms with Gasteiger partial charge in [-0.3, -0.25) is 4.79 Å². The molecule has 4 nitrogen and oxygen atoms in total. The fraction of sp³-hybridized carbons (Fsp3) is 0.417. The van der Waals surface area contributed by atoms with E-state index in [-0.39, 0.29) is 12.5 Å². The molecule has 1 aromatic rings. The van der Waals surface area contributed by atoms with Crippen LogP contribution in [0.25, 0.3) is 0 Å². The van der Waals surface area contributed by atoms with E-state index in [4.69, 9.17) is 10.8 Å². The van der Waals surface area contributed by atoms with Crippen LogP contribution in [0.2, 0.25) is 0 Å². The molecule has 0 bridgehead atoms. The molecule has 0 aromatic heterocycles. The maximum atomic E-state index is 11.9. The number of nitrogens with two attached hydrogens (primary N) is 1. The van der Waals surface area contributed by atoms with Crippen molar-refractivity contribution in [2.75, 3.05) is 12.3 Å². The number of anilines is 1. The number of hydrogen-bond donors (Lipinski definition) is 3. The van der Waals surface area contributed by atoms with Gasteiger partial charge in [0.15, 0.2) is 0 Å². The first-order valence-corrected chi connectivity index (χ1v) is 5.16. The fourth-order valence-corrected chi connectivity index (χ4v) is 1.29. The molecular formula is C12H18N2O2. The van der Waals surface area contributed by atoms with E-state index in [2.05, 4.69) is 5.32 Å². The minimum atomic E-state index is -0.646. The molecule has 1 amide bonds. The molecule has 0 aliphatic rings. The third kappa shape index (κ3) is 2.73. The first kappa shape index (κ1) is 12.5. The van der Waals surface area contributed by atoms with Crippen LogP contribution >= 0.6 is 0 Å². The number of carbonyl (C=O) groups excluding carboxylic acids is 1. The summed E-state index contributed by atoms with van der Waals surface area (Å²) < 4.78 is 0. The summed E-state index contributed by atoms with van der Waals surface area (Å²) in [5.74, 6) is -0.264. The van der Waals surface area contributed by atoms with Crippen LogP contribution in [0, 0.1) is 6.92 Å². The zero-order chi connectivity index (χ0) is 12.3. The summed E-state index contributed by atoms with van der Waals surface area (Å²) in [7, 11) is 0. The lowest BCUT2D eigenvalue weighted by Gasteiger charge is -2.24. The van der Waals surface area contributed by atoms with Gasteiger partial charge in [-0.05, 0) is 32.4 Å². The average molecular weight is 222 g/mol. The Balaban J connectivity index is 2.94. The number of aliphatic hydroxyl groups is 1. The molecule has 1 aromatic carbocycles. The maximum absolute atomic E-state index is 11.9. The smallest absolute Gasteiger partial charge is 0.253 e. The van der Waals surface area contributed by atoms with Gasteiger partial charge in [0.05, 0.1) is 17.7 Å². The maximum Gasteiger partial charge on any atom is 0.253 e. The van der Waals surface area contributed by atoms with Crippen molar-refractivity contribution in [2.45, 2.75) is 26.3 Å². The van der Waals surface area contributed by atoms with E-state index in [9.17, 15) is 4.79 Å². The number of amides is 1. The first-order chi connectivity index (χ1) is 7.37. The highest BCUT2D eigenvalue weighted by Crippen LogP contribution is 2.17. The molecule has 16 heavy (non-hydrogen) atoms. The molecule has 0 unspecified atom stereocenters. The number of rotatable bonds is 3. The Bertz CT molecular complexity index is 400. The zero-order valence-corrected chi connectivity index (χ0v) is 9.87. The van der Waals surface area contributed by atoms with Crippen LogP contribution in [0.4, 0.5) is 5.69 Å². The minimum Gasteiger partial charge on any atom is -0.398 e. The van der Waals surface area contributed by atoms with Gasteiger partial charge in [-0.1, -0.05) is 12.1 Å². The predicted molar refractivity (Wildman–Crippen MR) is 64.2 cm³/mol. The normalized spacial score (nSPS) is 11.2. The lowest BCUT2D eigenvalue weighted by molar-refractivity contribution is 0.0870. The molecule has 0 radical (unpaired) electrons. The SMILES string of the molecule is Cc1cccc(C(=O)NC(C)(C)CO)c1N. The van der Waals surface area contributed by atoms with Gasteiger partial charge in [0.1, 0.15) is 0 Å². The zero-order valence-electron chi connectivity index (χ0n) is 9.87. The van der Waals surface area contributed by atoms with E-state index in [1.807, 2.05) is 13.0 Å². The molecule has 1 rings (SSSR count). The molecule has 0 saturated carbocycles. The first-order valence-electron chi connectivity index (χ1n) is 5.16. The van der Waals surface area contributed by atoms with Crippen LogP contribution in [-0.4, -0.2) is 23.2 Å². The molecule has 0 heterocycles. The molecule has 0 aliphatic heterocycles. The van der Waals surface area contributed by atoms with Crippen LogP contribution < -0.4 is 11.1 Å². The number of hydrogen-bond acceptors (Lipinski definition) is 3. The summed E-state index contributed by atoms with van der Waals surface area (Å²) in [5.41, 5.74) is 6.97. The highest BCUT2D eigenvalue weighted by molar-refractivity contribution is 6.00. The number of nitrogens with one attached hydrogen (secondary N) is 1. The van der Waals surface area contributed by atoms with Crippen LogP contribution in [0.15, 0.2) is 18.2 Å². The molecule has 0 fully saturated rings. The Labute approximate surface area is 95.5 Å². The van der Waals surface area contributed by atoms with Crippen molar-refractivity contribution in [3.05, 3.63) is 29.3 Å². The molecule has 4 heteroatoms. The van der Waals surface area contributed by atoms with E-state index in [1.165, 1.54) is 0 Å². The minimum absolute atomic E-state index is 0.121. The van der Waals surface area contributed by atoms with Gasteiger partial charge in [-0.25, -0.2) is 0 Å². The molecule has 0 aliphatic carbocycles. The van der Waals surface area contributed by atoms with Crippen molar-refractivity contribution in [1.29, 1.82) is 0 Å². The van der Waals surface area contributed by atoms with E-state index >= 15 is 0 Å². The summed E-state index contributed by atoms with van der Waals surface area (Å²) >= 11 is 0. The summed E-state index contributed by atoms with van der Waals surface area (Å²) in [6, 6.07) is 5.31. The van der Waals surface area contributed by atoms with E-state index in [1.54, 1.807) is 26.0 Å². The summed E-state index contributed by atoms with van der Waals surface area (Å²) in [5, 5.41) is 11.8. The molecular weight excluding hydrogens is 204 g/mol. The number of aliphatic hydroxyl groups excluding tert-OH is 1. The number of benzene rings is 1. The van der Waals surface area contributed by atoms with Crippen molar-refractivity contribution in [2.24, 2.45) is 0 Å². The van der Waals surface area contributed by atoms with Gasteiger partial charge >= 0.3 is 0 Å². The van der Waals surface area contributed by atoms with Crippen LogP contribution in [0.5, 0.6) is 0 Å². The highest BCUT2D eigenvalue weighted by atomic mass is 16.3. The van der Waals surface area contributed by atoms with Gasteiger partial charge in [-0.2, -0.15) is 0 Å². The number of nitrogen functional groups attached to an aromatic ring is 1. The largest absolute Gasteiger partial charge is 0.398 e. The van der Waals surface area contributed by atoms with Crippen molar-refractivity contribution in [1.82, 2.24) is 5.32 Å². The monoisotopic (exact) mass is 222 g/mol. The second-order valence-electron chi connectivity index (χ2n) is 4.53. The van der Waals surface area contributed by atoms with Crippen molar-refractivity contribution >= 4 is 11.6 Å².